The van der Waals surface area contributed by atoms with E-state index in [2.05, 4.69) is 58.0 Å². The highest BCUT2D eigenvalue weighted by Gasteiger charge is 2.52. The summed E-state index contributed by atoms with van der Waals surface area (Å²) < 4.78 is 49.7. The smallest absolute Gasteiger partial charge is 0.306 e. The maximum Gasteiger partial charge on any atom is 0.306 e. The normalized spacial score (nSPS) is 45.2. The highest BCUT2D eigenvalue weighted by Crippen LogP contribution is 2.54. The number of Topliss-reactive ketones (excluding diaryl/α,β-unsaturated/α-hetero) is 1. The fourth-order valence-corrected chi connectivity index (χ4v) is 10.5. The van der Waals surface area contributed by atoms with E-state index in [0.717, 1.165) is 44.1 Å². The van der Waals surface area contributed by atoms with Crippen LogP contribution in [0.3, 0.4) is 0 Å². The van der Waals surface area contributed by atoms with Crippen molar-refractivity contribution in [3.8, 4) is 0 Å². The van der Waals surface area contributed by atoms with Crippen molar-refractivity contribution >= 4 is 11.8 Å². The summed E-state index contributed by atoms with van der Waals surface area (Å²) in [6.07, 6.45) is 9.95. The number of methoxy groups -OCH3 is 3. The molecule has 6 aliphatic rings. The van der Waals surface area contributed by atoms with Gasteiger partial charge in [0.2, 0.25) is 0 Å². The number of fused-ring (bicyclic) bond motifs is 5. The third-order valence-electron chi connectivity index (χ3n) is 13.5. The Morgan fingerprint density at radius 3 is 2.21 bits per heavy atom. The van der Waals surface area contributed by atoms with Gasteiger partial charge < -0.3 is 42.8 Å². The number of nitrogens with zero attached hydrogens (tertiary/aromatic N) is 1. The van der Waals surface area contributed by atoms with Crippen LogP contribution in [0.25, 0.3) is 0 Å². The summed E-state index contributed by atoms with van der Waals surface area (Å²) in [6.45, 7) is 10.3. The topological polar surface area (TPSA) is 111 Å². The van der Waals surface area contributed by atoms with E-state index in [9.17, 15) is 9.59 Å². The molecule has 0 N–H and O–H groups in total. The summed E-state index contributed by atoms with van der Waals surface area (Å²) in [5, 5.41) is 0. The minimum atomic E-state index is -0.596. The van der Waals surface area contributed by atoms with E-state index in [1.165, 1.54) is 0 Å². The molecule has 17 atom stereocenters. The predicted molar refractivity (Wildman–Crippen MR) is 199 cm³/mol. The molecule has 11 nitrogen and oxygen atoms in total. The Balaban J connectivity index is 1.22. The largest absolute Gasteiger partial charge is 0.462 e. The lowest BCUT2D eigenvalue weighted by atomic mass is 9.70. The average Bonchev–Trinajstić information content (AvgIpc) is 3.70. The van der Waals surface area contributed by atoms with Crippen LogP contribution in [0.2, 0.25) is 0 Å². The number of hydrogen-bond acceptors (Lipinski definition) is 11. The van der Waals surface area contributed by atoms with Gasteiger partial charge in [-0.05, 0) is 108 Å². The molecule has 53 heavy (non-hydrogen) atoms. The van der Waals surface area contributed by atoms with Crippen molar-refractivity contribution in [1.82, 2.24) is 4.90 Å². The van der Waals surface area contributed by atoms with Crippen LogP contribution in [0.15, 0.2) is 23.8 Å². The lowest BCUT2D eigenvalue weighted by molar-refractivity contribution is -0.314. The molecule has 1 unspecified atom stereocenters. The SMILES string of the molecule is CO[C@@H]1[C@@H](OC)[C@H](C)O[C@@H](OC2C[C@H]3[C@@H]4C=C5C(=O)[C@H](C)[C@@H](O[C@H]6CC[C@H](N(C)C)[C@@H](C)O6)CCC[C@H](C(C)C)OC(=O)C[C@H]5[C@@H]4C=C[C@@H]3C2)[C@@H]1OC. The first kappa shape index (κ1) is 40.9. The molecule has 0 amide bonds. The molecule has 3 aliphatic carbocycles. The number of carbonyl (C=O) groups excluding carboxylic acids is 2. The number of ether oxygens (including phenoxy) is 8. The molecule has 0 aromatic heterocycles. The van der Waals surface area contributed by atoms with Crippen LogP contribution < -0.4 is 0 Å². The summed E-state index contributed by atoms with van der Waals surface area (Å²) in [6, 6.07) is 0.336. The highest BCUT2D eigenvalue weighted by atomic mass is 16.7. The molecule has 3 saturated heterocycles. The second-order valence-corrected chi connectivity index (χ2v) is 17.2. The van der Waals surface area contributed by atoms with E-state index >= 15 is 0 Å². The number of rotatable bonds is 9. The zero-order chi connectivity index (χ0) is 38.1. The van der Waals surface area contributed by atoms with Gasteiger partial charge in [0.05, 0.1) is 30.8 Å². The van der Waals surface area contributed by atoms with Crippen LogP contribution >= 0.6 is 0 Å². The Bertz CT molecular complexity index is 1320. The summed E-state index contributed by atoms with van der Waals surface area (Å²) in [7, 11) is 9.16. The molecular formula is C42H67NO10. The summed E-state index contributed by atoms with van der Waals surface area (Å²) >= 11 is 0. The lowest BCUT2D eigenvalue weighted by Crippen LogP contribution is -2.59. The van der Waals surface area contributed by atoms with Gasteiger partial charge in [-0.2, -0.15) is 0 Å². The first-order valence-corrected chi connectivity index (χ1v) is 20.3. The number of hydrogen-bond donors (Lipinski definition) is 0. The second kappa shape index (κ2) is 17.6. The van der Waals surface area contributed by atoms with Crippen molar-refractivity contribution in [1.29, 1.82) is 0 Å². The number of likely N-dealkylation sites (N-methyl/N-ethyl adjacent to an activating group) is 1. The molecule has 6 rings (SSSR count). The molecule has 300 valence electrons. The minimum absolute atomic E-state index is 0.0341. The summed E-state index contributed by atoms with van der Waals surface area (Å²) in [4.78, 5) is 30.6. The molecule has 1 saturated carbocycles. The number of ketones is 1. The van der Waals surface area contributed by atoms with E-state index in [0.29, 0.717) is 18.4 Å². The van der Waals surface area contributed by atoms with Gasteiger partial charge in [-0.3, -0.25) is 9.59 Å². The van der Waals surface area contributed by atoms with Crippen molar-refractivity contribution in [3.05, 3.63) is 23.8 Å². The molecule has 3 aliphatic heterocycles. The van der Waals surface area contributed by atoms with Gasteiger partial charge in [0.1, 0.15) is 24.4 Å². The average molecular weight is 746 g/mol. The van der Waals surface area contributed by atoms with Crippen LogP contribution in [0, 0.1) is 41.4 Å². The predicted octanol–water partition coefficient (Wildman–Crippen LogP) is 5.73. The van der Waals surface area contributed by atoms with Crippen molar-refractivity contribution in [2.75, 3.05) is 35.4 Å². The van der Waals surface area contributed by atoms with E-state index in [-0.39, 0.29) is 103 Å². The van der Waals surface area contributed by atoms with Gasteiger partial charge in [-0.25, -0.2) is 0 Å². The molecule has 3 heterocycles. The fourth-order valence-electron chi connectivity index (χ4n) is 10.5. The Hall–Kier alpha value is -1.70. The van der Waals surface area contributed by atoms with E-state index in [1.807, 2.05) is 13.8 Å². The van der Waals surface area contributed by atoms with Crippen molar-refractivity contribution in [2.24, 2.45) is 41.4 Å². The molecule has 0 spiro atoms. The van der Waals surface area contributed by atoms with Gasteiger partial charge in [0.15, 0.2) is 18.4 Å². The first-order chi connectivity index (χ1) is 25.3. The van der Waals surface area contributed by atoms with E-state index in [4.69, 9.17) is 37.9 Å². The molecule has 0 bridgehead atoms. The maximum atomic E-state index is 14.7. The van der Waals surface area contributed by atoms with Crippen LogP contribution in [0.5, 0.6) is 0 Å². The molecular weight excluding hydrogens is 678 g/mol. The Labute approximate surface area is 317 Å². The Morgan fingerprint density at radius 1 is 0.811 bits per heavy atom. The quantitative estimate of drug-likeness (QED) is 0.213. The van der Waals surface area contributed by atoms with Gasteiger partial charge in [-0.1, -0.05) is 39.0 Å². The highest BCUT2D eigenvalue weighted by molar-refractivity contribution is 5.99. The molecule has 0 aromatic carbocycles. The second-order valence-electron chi connectivity index (χ2n) is 17.2. The summed E-state index contributed by atoms with van der Waals surface area (Å²) in [5.41, 5.74) is 0.762. The Morgan fingerprint density at radius 2 is 1.55 bits per heavy atom. The van der Waals surface area contributed by atoms with Crippen LogP contribution in [-0.4, -0.2) is 120 Å². The number of carbonyl (C=O) groups is 2. The van der Waals surface area contributed by atoms with Gasteiger partial charge >= 0.3 is 5.97 Å². The van der Waals surface area contributed by atoms with Crippen molar-refractivity contribution in [3.63, 3.8) is 0 Å². The Kier molecular flexibility index (Phi) is 13.6. The van der Waals surface area contributed by atoms with E-state index in [1.54, 1.807) is 21.3 Å². The van der Waals surface area contributed by atoms with Gasteiger partial charge in [0, 0.05) is 39.2 Å². The third-order valence-corrected chi connectivity index (χ3v) is 13.5. The fraction of sp³-hybridized carbons (Fsp3) is 0.857. The van der Waals surface area contributed by atoms with Crippen molar-refractivity contribution in [2.45, 2.75) is 153 Å². The molecule has 0 radical (unpaired) electrons. The monoisotopic (exact) mass is 745 g/mol. The summed E-state index contributed by atoms with van der Waals surface area (Å²) in [5.74, 6) is 0.169. The van der Waals surface area contributed by atoms with Crippen molar-refractivity contribution < 1.29 is 47.5 Å². The van der Waals surface area contributed by atoms with Gasteiger partial charge in [0.25, 0.3) is 0 Å². The lowest BCUT2D eigenvalue weighted by Gasteiger charge is -2.44. The molecule has 11 heteroatoms. The number of allylic oxidation sites excluding steroid dienone is 4. The molecule has 4 fully saturated rings. The zero-order valence-electron chi connectivity index (χ0n) is 33.8. The van der Waals surface area contributed by atoms with Crippen LogP contribution in [-0.2, 0) is 47.5 Å². The maximum absolute atomic E-state index is 14.7. The van der Waals surface area contributed by atoms with Crippen LogP contribution in [0.1, 0.15) is 86.0 Å². The standard InChI is InChI=1S/C42H67NO10/c1-22(2)34-12-11-13-35(53-37-17-16-33(43(6)7)24(4)49-37)23(3)38(45)32-20-30-28(31(32)21-36(44)52-34)15-14-26-18-27(19-29(26)30)51-42-41(48-10)40(47-9)39(46-8)25(5)50-42/h14-15,20,22-31,33-35,37,39-42H,11-13,16-19,21H2,1-10H3/t23-,24-,25+,26-,27?,28-,29-,30-,31+,33+,34-,35+,37+,39+,40-,41-,42+/m1/s1. The number of cyclic esters (lactones) is 1. The first-order valence-electron chi connectivity index (χ1n) is 20.3. The van der Waals surface area contributed by atoms with Gasteiger partial charge in [-0.15, -0.1) is 0 Å². The number of esters is 1. The van der Waals surface area contributed by atoms with Crippen LogP contribution in [0.4, 0.5) is 0 Å². The third kappa shape index (κ3) is 8.68. The minimum Gasteiger partial charge on any atom is -0.462 e. The molecule has 0 aromatic rings. The zero-order valence-corrected chi connectivity index (χ0v) is 33.8. The van der Waals surface area contributed by atoms with E-state index < -0.39 is 12.4 Å².